The highest BCUT2D eigenvalue weighted by Crippen LogP contribution is 2.35. The van der Waals surface area contributed by atoms with Gasteiger partial charge in [0.25, 0.3) is 5.01 Å². The van der Waals surface area contributed by atoms with Gasteiger partial charge in [-0.1, -0.05) is 4.68 Å². The summed E-state index contributed by atoms with van der Waals surface area (Å²) in [6, 6.07) is 3.68. The lowest BCUT2D eigenvalue weighted by molar-refractivity contribution is -0.747. The lowest BCUT2D eigenvalue weighted by atomic mass is 10.1. The molecule has 0 atom stereocenters. The second kappa shape index (κ2) is 7.26. The molecule has 0 saturated carbocycles. The molecule has 0 bridgehead atoms. The molecule has 5 nitrogen and oxygen atoms in total. The lowest BCUT2D eigenvalue weighted by Gasteiger charge is -2.12. The minimum absolute atomic E-state index is 0.697. The predicted molar refractivity (Wildman–Crippen MR) is 87.7 cm³/mol. The summed E-state index contributed by atoms with van der Waals surface area (Å²) in [7, 11) is 4.89. The molecule has 0 radical (unpaired) electrons. The Balaban J connectivity index is 2.45. The van der Waals surface area contributed by atoms with Gasteiger partial charge in [-0.25, -0.2) is 0 Å². The highest BCUT2D eigenvalue weighted by atomic mass is 32.1. The highest BCUT2D eigenvalue weighted by Gasteiger charge is 2.15. The molecule has 6 heteroatoms. The number of aromatic nitrogens is 2. The van der Waals surface area contributed by atoms with Crippen LogP contribution >= 0.6 is 11.3 Å². The topological polar surface area (TPSA) is 44.5 Å². The molecule has 1 heterocycles. The Labute approximate surface area is 134 Å². The Bertz CT molecular complexity index is 655. The van der Waals surface area contributed by atoms with Crippen molar-refractivity contribution in [1.82, 2.24) is 5.10 Å². The van der Waals surface area contributed by atoms with Crippen LogP contribution in [-0.2, 0) is 6.54 Å². The van der Waals surface area contributed by atoms with Crippen molar-refractivity contribution < 1.29 is 18.9 Å². The van der Waals surface area contributed by atoms with E-state index in [1.54, 1.807) is 32.7 Å². The molecule has 0 aliphatic rings. The summed E-state index contributed by atoms with van der Waals surface area (Å²) in [6.45, 7) is 4.91. The van der Waals surface area contributed by atoms with Crippen LogP contribution in [0.4, 0.5) is 0 Å². The fourth-order valence-corrected chi connectivity index (χ4v) is 3.00. The van der Waals surface area contributed by atoms with Crippen LogP contribution in [0.25, 0.3) is 12.2 Å². The molecule has 1 aromatic heterocycles. The van der Waals surface area contributed by atoms with Crippen LogP contribution in [0.5, 0.6) is 17.2 Å². The SMILES string of the molecule is CC[n+]1nc(C)sc1C=Cc1c(OC)cc(OC)cc1OC. The van der Waals surface area contributed by atoms with Crippen LogP contribution in [0.1, 0.15) is 22.5 Å². The third-order valence-corrected chi connectivity index (χ3v) is 4.15. The van der Waals surface area contributed by atoms with Gasteiger partial charge in [0.2, 0.25) is 0 Å². The van der Waals surface area contributed by atoms with E-state index in [1.165, 1.54) is 0 Å². The smallest absolute Gasteiger partial charge is 0.289 e. The standard InChI is InChI=1S/C16H21N2O3S/c1-6-18-16(22-11(2)17-18)8-7-13-14(20-4)9-12(19-3)10-15(13)21-5/h7-10H,6H2,1-5H3/q+1. The molecule has 2 aromatic rings. The minimum atomic E-state index is 0.697. The molecular formula is C16H21N2O3S+. The van der Waals surface area contributed by atoms with Crippen LogP contribution < -0.4 is 18.9 Å². The molecule has 0 fully saturated rings. The van der Waals surface area contributed by atoms with Crippen molar-refractivity contribution in [3.05, 3.63) is 27.7 Å². The van der Waals surface area contributed by atoms with Crippen LogP contribution in [0.2, 0.25) is 0 Å². The molecule has 0 aliphatic heterocycles. The first kappa shape index (κ1) is 16.3. The highest BCUT2D eigenvalue weighted by molar-refractivity contribution is 7.11. The van der Waals surface area contributed by atoms with Gasteiger partial charge in [-0.05, 0) is 31.3 Å². The maximum absolute atomic E-state index is 5.45. The van der Waals surface area contributed by atoms with E-state index in [2.05, 4.69) is 12.0 Å². The van der Waals surface area contributed by atoms with E-state index in [9.17, 15) is 0 Å². The zero-order valence-electron chi connectivity index (χ0n) is 13.5. The minimum Gasteiger partial charge on any atom is -0.496 e. The molecule has 1 aromatic carbocycles. The normalized spacial score (nSPS) is 11.0. The molecular weight excluding hydrogens is 300 g/mol. The maximum atomic E-state index is 5.45. The van der Waals surface area contributed by atoms with Gasteiger partial charge in [0.15, 0.2) is 11.6 Å². The second-order valence-electron chi connectivity index (χ2n) is 4.55. The van der Waals surface area contributed by atoms with E-state index in [-0.39, 0.29) is 0 Å². The number of hydrogen-bond acceptors (Lipinski definition) is 5. The third kappa shape index (κ3) is 3.39. The monoisotopic (exact) mass is 321 g/mol. The lowest BCUT2D eigenvalue weighted by Crippen LogP contribution is -2.36. The van der Waals surface area contributed by atoms with Gasteiger partial charge < -0.3 is 14.2 Å². The van der Waals surface area contributed by atoms with Crippen LogP contribution in [0.3, 0.4) is 0 Å². The number of benzene rings is 1. The van der Waals surface area contributed by atoms with Gasteiger partial charge >= 0.3 is 0 Å². The largest absolute Gasteiger partial charge is 0.496 e. The molecule has 0 aliphatic carbocycles. The van der Waals surface area contributed by atoms with Gasteiger partial charge in [0.05, 0.1) is 26.9 Å². The average molecular weight is 321 g/mol. The Morgan fingerprint density at radius 3 is 2.23 bits per heavy atom. The second-order valence-corrected chi connectivity index (χ2v) is 5.77. The zero-order valence-corrected chi connectivity index (χ0v) is 14.4. The molecule has 0 N–H and O–H groups in total. The maximum Gasteiger partial charge on any atom is 0.289 e. The van der Waals surface area contributed by atoms with Crippen molar-refractivity contribution in [2.45, 2.75) is 20.4 Å². The van der Waals surface area contributed by atoms with Crippen molar-refractivity contribution >= 4 is 23.5 Å². The van der Waals surface area contributed by atoms with Gasteiger partial charge in [0.1, 0.15) is 17.2 Å². The van der Waals surface area contributed by atoms with E-state index in [0.29, 0.717) is 17.2 Å². The van der Waals surface area contributed by atoms with Gasteiger partial charge in [-0.2, -0.15) is 0 Å². The summed E-state index contributed by atoms with van der Waals surface area (Å²) in [6.07, 6.45) is 4.01. The number of methoxy groups -OCH3 is 3. The van der Waals surface area contributed by atoms with Crippen LogP contribution in [0, 0.1) is 6.92 Å². The van der Waals surface area contributed by atoms with Crippen LogP contribution in [-0.4, -0.2) is 26.4 Å². The first-order valence-electron chi connectivity index (χ1n) is 6.98. The molecule has 118 valence electrons. The van der Waals surface area contributed by atoms with Gasteiger partial charge in [-0.3, -0.25) is 0 Å². The molecule has 2 rings (SSSR count). The van der Waals surface area contributed by atoms with E-state index < -0.39 is 0 Å². The fourth-order valence-electron chi connectivity index (χ4n) is 2.14. The summed E-state index contributed by atoms with van der Waals surface area (Å²) >= 11 is 1.65. The third-order valence-electron chi connectivity index (χ3n) is 3.21. The molecule has 0 unspecified atom stereocenters. The van der Waals surface area contributed by atoms with Crippen molar-refractivity contribution in [3.63, 3.8) is 0 Å². The van der Waals surface area contributed by atoms with Gasteiger partial charge in [0, 0.05) is 23.3 Å². The zero-order chi connectivity index (χ0) is 16.1. The molecule has 0 spiro atoms. The predicted octanol–water partition coefficient (Wildman–Crippen LogP) is 2.96. The summed E-state index contributed by atoms with van der Waals surface area (Å²) in [4.78, 5) is 0. The first-order chi connectivity index (χ1) is 10.6. The Morgan fingerprint density at radius 1 is 1.09 bits per heavy atom. The summed E-state index contributed by atoms with van der Waals surface area (Å²) in [5.41, 5.74) is 0.875. The Hall–Kier alpha value is -2.08. The number of aryl methyl sites for hydroxylation is 2. The number of hydrogen-bond donors (Lipinski definition) is 0. The van der Waals surface area contributed by atoms with E-state index in [1.807, 2.05) is 35.9 Å². The van der Waals surface area contributed by atoms with Crippen molar-refractivity contribution in [2.24, 2.45) is 0 Å². The number of nitrogens with zero attached hydrogens (tertiary/aromatic N) is 2. The Kier molecular flexibility index (Phi) is 5.38. The van der Waals surface area contributed by atoms with Crippen LogP contribution in [0.15, 0.2) is 12.1 Å². The molecule has 0 saturated heterocycles. The van der Waals surface area contributed by atoms with Crippen molar-refractivity contribution in [3.8, 4) is 17.2 Å². The summed E-state index contributed by atoms with van der Waals surface area (Å²) < 4.78 is 18.1. The van der Waals surface area contributed by atoms with E-state index >= 15 is 0 Å². The molecule has 22 heavy (non-hydrogen) atoms. The Morgan fingerprint density at radius 2 is 1.73 bits per heavy atom. The van der Waals surface area contributed by atoms with E-state index in [4.69, 9.17) is 14.2 Å². The summed E-state index contributed by atoms with van der Waals surface area (Å²) in [5.74, 6) is 2.11. The first-order valence-corrected chi connectivity index (χ1v) is 7.80. The number of rotatable bonds is 6. The fraction of sp³-hybridized carbons (Fsp3) is 0.375. The quantitative estimate of drug-likeness (QED) is 0.767. The molecule has 0 amide bonds. The van der Waals surface area contributed by atoms with Gasteiger partial charge in [-0.15, -0.1) is 0 Å². The summed E-state index contributed by atoms with van der Waals surface area (Å²) in [5, 5.41) is 6.58. The average Bonchev–Trinajstić information content (AvgIpc) is 2.91. The number of ether oxygens (including phenoxy) is 3. The van der Waals surface area contributed by atoms with Crippen molar-refractivity contribution in [1.29, 1.82) is 0 Å². The van der Waals surface area contributed by atoms with E-state index in [0.717, 1.165) is 22.1 Å². The van der Waals surface area contributed by atoms with Crippen molar-refractivity contribution in [2.75, 3.05) is 21.3 Å².